The number of rotatable bonds is 7. The summed E-state index contributed by atoms with van der Waals surface area (Å²) in [6.45, 7) is 13.6. The number of hydrogen-bond acceptors (Lipinski definition) is 5. The minimum absolute atomic E-state index is 0. The Balaban J connectivity index is 0.00000306. The molecule has 0 spiro atoms. The molecule has 2 N–H and O–H groups in total. The summed E-state index contributed by atoms with van der Waals surface area (Å²) in [6, 6.07) is 11.6. The fourth-order valence-corrected chi connectivity index (χ4v) is 5.22. The highest BCUT2D eigenvalue weighted by molar-refractivity contribution is 14.0. The maximum atomic E-state index is 5.72. The van der Waals surface area contributed by atoms with Crippen molar-refractivity contribution in [2.45, 2.75) is 50.7 Å². The van der Waals surface area contributed by atoms with Gasteiger partial charge in [-0.3, -0.25) is 9.89 Å². The minimum atomic E-state index is -0.0302. The molecule has 4 rings (SSSR count). The van der Waals surface area contributed by atoms with Crippen molar-refractivity contribution in [3.63, 3.8) is 0 Å². The number of morpholine rings is 1. The maximum absolute atomic E-state index is 5.72. The van der Waals surface area contributed by atoms with Crippen LogP contribution in [0.3, 0.4) is 0 Å². The van der Waals surface area contributed by atoms with Crippen molar-refractivity contribution in [3.05, 3.63) is 35.9 Å². The number of nitrogens with one attached hydrogen (secondary N) is 2. The largest absolute Gasteiger partial charge is 0.381 e. The predicted octanol–water partition coefficient (Wildman–Crippen LogP) is 2.88. The van der Waals surface area contributed by atoms with Crippen LogP contribution in [0.15, 0.2) is 35.3 Å². The Hall–Kier alpha value is -0.940. The summed E-state index contributed by atoms with van der Waals surface area (Å²) >= 11 is 0. The van der Waals surface area contributed by atoms with Gasteiger partial charge in [0.05, 0.1) is 19.8 Å². The van der Waals surface area contributed by atoms with Crippen molar-refractivity contribution >= 4 is 29.9 Å². The van der Waals surface area contributed by atoms with Crippen LogP contribution in [0.2, 0.25) is 0 Å². The average molecular weight is 572 g/mol. The van der Waals surface area contributed by atoms with E-state index in [-0.39, 0.29) is 35.6 Å². The lowest BCUT2D eigenvalue weighted by Gasteiger charge is -2.40. The molecule has 3 fully saturated rings. The summed E-state index contributed by atoms with van der Waals surface area (Å²) in [4.78, 5) is 10.2. The number of ether oxygens (including phenoxy) is 2. The molecule has 3 aliphatic rings. The van der Waals surface area contributed by atoms with Gasteiger partial charge in [0.15, 0.2) is 5.96 Å². The molecule has 1 aromatic carbocycles. The number of likely N-dealkylation sites (tertiary alicyclic amines) is 1. The Morgan fingerprint density at radius 1 is 1.09 bits per heavy atom. The van der Waals surface area contributed by atoms with Crippen molar-refractivity contribution in [1.82, 2.24) is 20.4 Å². The molecule has 3 saturated heterocycles. The highest BCUT2D eigenvalue weighted by Gasteiger charge is 2.35. The fourth-order valence-electron chi connectivity index (χ4n) is 5.22. The van der Waals surface area contributed by atoms with Gasteiger partial charge in [-0.1, -0.05) is 30.3 Å². The van der Waals surface area contributed by atoms with E-state index in [0.29, 0.717) is 6.04 Å². The lowest BCUT2D eigenvalue weighted by atomic mass is 9.88. The minimum Gasteiger partial charge on any atom is -0.381 e. The second-order valence-electron chi connectivity index (χ2n) is 9.38. The molecule has 0 aromatic heterocycles. The van der Waals surface area contributed by atoms with Crippen molar-refractivity contribution in [3.8, 4) is 0 Å². The van der Waals surface area contributed by atoms with Gasteiger partial charge < -0.3 is 25.0 Å². The molecule has 1 aromatic rings. The average Bonchev–Trinajstić information content (AvgIpc) is 3.34. The first-order chi connectivity index (χ1) is 15.7. The van der Waals surface area contributed by atoms with Crippen LogP contribution in [0.1, 0.15) is 44.7 Å². The van der Waals surface area contributed by atoms with Gasteiger partial charge in [0.25, 0.3) is 0 Å². The molecule has 2 unspecified atom stereocenters. The van der Waals surface area contributed by atoms with Gasteiger partial charge in [-0.05, 0) is 38.7 Å². The molecule has 33 heavy (non-hydrogen) atoms. The number of halogens is 1. The van der Waals surface area contributed by atoms with Gasteiger partial charge in [0.1, 0.15) is 0 Å². The Bertz CT molecular complexity index is 723. The van der Waals surface area contributed by atoms with Crippen molar-refractivity contribution in [2.75, 3.05) is 65.7 Å². The topological polar surface area (TPSA) is 61.4 Å². The second-order valence-corrected chi connectivity index (χ2v) is 9.38. The van der Waals surface area contributed by atoms with Crippen molar-refractivity contribution in [2.24, 2.45) is 4.99 Å². The lowest BCUT2D eigenvalue weighted by molar-refractivity contribution is 0.0194. The van der Waals surface area contributed by atoms with Gasteiger partial charge in [-0.15, -0.1) is 24.0 Å². The molecule has 0 amide bonds. The van der Waals surface area contributed by atoms with Crippen LogP contribution in [0, 0.1) is 0 Å². The molecule has 8 heteroatoms. The van der Waals surface area contributed by atoms with Crippen LogP contribution in [-0.4, -0.2) is 93.0 Å². The van der Waals surface area contributed by atoms with Gasteiger partial charge >= 0.3 is 0 Å². The third kappa shape index (κ3) is 7.27. The summed E-state index contributed by atoms with van der Waals surface area (Å²) in [7, 11) is 0. The fraction of sp³-hybridized carbons (Fsp3) is 0.720. The lowest BCUT2D eigenvalue weighted by Crippen LogP contribution is -2.53. The highest BCUT2D eigenvalue weighted by Crippen LogP contribution is 2.26. The van der Waals surface area contributed by atoms with Crippen molar-refractivity contribution < 1.29 is 9.47 Å². The number of hydrogen-bond donors (Lipinski definition) is 2. The molecule has 3 aliphatic heterocycles. The van der Waals surface area contributed by atoms with E-state index in [2.05, 4.69) is 64.6 Å². The summed E-state index contributed by atoms with van der Waals surface area (Å²) in [5, 5.41) is 7.51. The van der Waals surface area contributed by atoms with Gasteiger partial charge in [-0.2, -0.15) is 0 Å². The van der Waals surface area contributed by atoms with Crippen molar-refractivity contribution in [1.29, 1.82) is 0 Å². The standard InChI is InChI=1S/C25H41N5O2.HI/c1-3-26-24(30-12-9-23(19-30)29-13-17-32-18-14-29)27-20-25(10-15-31-16-11-25)28-21(2)22-7-5-4-6-8-22;/h4-8,21,23,28H,3,9-20H2,1-2H3,(H,26,27);1H. The quantitative estimate of drug-likeness (QED) is 0.298. The monoisotopic (exact) mass is 571 g/mol. The molecule has 186 valence electrons. The molecule has 7 nitrogen and oxygen atoms in total. The van der Waals surface area contributed by atoms with E-state index in [4.69, 9.17) is 14.5 Å². The van der Waals surface area contributed by atoms with Crippen LogP contribution in [0.25, 0.3) is 0 Å². The zero-order chi connectivity index (χ0) is 22.2. The van der Waals surface area contributed by atoms with E-state index in [1.807, 2.05) is 0 Å². The van der Waals surface area contributed by atoms with Crippen LogP contribution in [-0.2, 0) is 9.47 Å². The highest BCUT2D eigenvalue weighted by atomic mass is 127. The third-order valence-electron chi connectivity index (χ3n) is 7.16. The summed E-state index contributed by atoms with van der Waals surface area (Å²) in [5.41, 5.74) is 1.29. The third-order valence-corrected chi connectivity index (χ3v) is 7.16. The number of nitrogens with zero attached hydrogens (tertiary/aromatic N) is 3. The predicted molar refractivity (Wildman–Crippen MR) is 145 cm³/mol. The summed E-state index contributed by atoms with van der Waals surface area (Å²) in [6.07, 6.45) is 3.18. The van der Waals surface area contributed by atoms with E-state index < -0.39 is 0 Å². The second kappa shape index (κ2) is 13.2. The summed E-state index contributed by atoms with van der Waals surface area (Å²) in [5.74, 6) is 1.06. The van der Waals surface area contributed by atoms with E-state index in [1.165, 1.54) is 12.0 Å². The molecule has 2 atom stereocenters. The SMILES string of the molecule is CCNC(=NCC1(NC(C)c2ccccc2)CCOCC1)N1CCC(N2CCOCC2)C1.I. The number of guanidine groups is 1. The van der Waals surface area contributed by atoms with Crippen LogP contribution in [0.4, 0.5) is 0 Å². The maximum Gasteiger partial charge on any atom is 0.194 e. The zero-order valence-electron chi connectivity index (χ0n) is 20.3. The van der Waals surface area contributed by atoms with E-state index in [0.717, 1.165) is 84.5 Å². The van der Waals surface area contributed by atoms with E-state index >= 15 is 0 Å². The first-order valence-corrected chi connectivity index (χ1v) is 12.4. The summed E-state index contributed by atoms with van der Waals surface area (Å²) < 4.78 is 11.3. The first-order valence-electron chi connectivity index (χ1n) is 12.4. The number of aliphatic imine (C=N–C) groups is 1. The van der Waals surface area contributed by atoms with Gasteiger partial charge in [0.2, 0.25) is 0 Å². The van der Waals surface area contributed by atoms with E-state index in [1.54, 1.807) is 0 Å². The van der Waals surface area contributed by atoms with Gasteiger partial charge in [-0.25, -0.2) is 0 Å². The Kier molecular flexibility index (Phi) is 10.7. The molecular weight excluding hydrogens is 529 g/mol. The molecule has 0 bridgehead atoms. The number of benzene rings is 1. The zero-order valence-corrected chi connectivity index (χ0v) is 22.6. The Morgan fingerprint density at radius 3 is 2.48 bits per heavy atom. The molecule has 0 radical (unpaired) electrons. The van der Waals surface area contributed by atoms with Gasteiger partial charge in [0, 0.05) is 63.6 Å². The van der Waals surface area contributed by atoms with Crippen LogP contribution >= 0.6 is 24.0 Å². The Morgan fingerprint density at radius 2 is 1.79 bits per heavy atom. The molecule has 0 aliphatic carbocycles. The smallest absolute Gasteiger partial charge is 0.194 e. The van der Waals surface area contributed by atoms with Crippen LogP contribution in [0.5, 0.6) is 0 Å². The normalized spacial score (nSPS) is 24.8. The van der Waals surface area contributed by atoms with E-state index in [9.17, 15) is 0 Å². The first kappa shape index (κ1) is 26.7. The molecule has 3 heterocycles. The molecular formula is C25H42IN5O2. The van der Waals surface area contributed by atoms with Crippen LogP contribution < -0.4 is 10.6 Å². The molecule has 0 saturated carbocycles. The Labute approximate surface area is 216 Å².